The van der Waals surface area contributed by atoms with E-state index in [4.69, 9.17) is 4.74 Å². The lowest BCUT2D eigenvalue weighted by Gasteiger charge is -2.11. The molecule has 0 aliphatic carbocycles. The highest BCUT2D eigenvalue weighted by Gasteiger charge is 2.12. The van der Waals surface area contributed by atoms with E-state index in [-0.39, 0.29) is 5.91 Å². The quantitative estimate of drug-likeness (QED) is 0.531. The summed E-state index contributed by atoms with van der Waals surface area (Å²) in [6, 6.07) is 15.3. The molecule has 7 nitrogen and oxygen atoms in total. The minimum Gasteiger partial charge on any atom is -0.495 e. The predicted molar refractivity (Wildman–Crippen MR) is 113 cm³/mol. The molecular formula is C22H19N5O2. The normalized spacial score (nSPS) is 10.6. The summed E-state index contributed by atoms with van der Waals surface area (Å²) in [6.07, 6.45) is 4.69. The van der Waals surface area contributed by atoms with Gasteiger partial charge in [-0.1, -0.05) is 24.3 Å². The maximum atomic E-state index is 12.6. The minimum absolute atomic E-state index is 0.313. The average Bonchev–Trinajstić information content (AvgIpc) is 2.75. The molecule has 0 spiro atoms. The van der Waals surface area contributed by atoms with E-state index in [2.05, 4.69) is 25.6 Å². The Morgan fingerprint density at radius 3 is 2.55 bits per heavy atom. The number of rotatable bonds is 5. The number of nitrogens with one attached hydrogen (secondary N) is 2. The van der Waals surface area contributed by atoms with E-state index in [9.17, 15) is 4.79 Å². The Morgan fingerprint density at radius 2 is 1.76 bits per heavy atom. The zero-order valence-corrected chi connectivity index (χ0v) is 16.0. The van der Waals surface area contributed by atoms with Gasteiger partial charge >= 0.3 is 0 Å². The molecule has 1 amide bonds. The molecule has 7 heteroatoms. The van der Waals surface area contributed by atoms with Crippen LogP contribution in [0.2, 0.25) is 0 Å². The molecule has 29 heavy (non-hydrogen) atoms. The zero-order chi connectivity index (χ0) is 20.2. The molecule has 0 bridgehead atoms. The van der Waals surface area contributed by atoms with E-state index in [0.717, 1.165) is 22.2 Å². The molecule has 0 saturated heterocycles. The number of benzene rings is 2. The van der Waals surface area contributed by atoms with Gasteiger partial charge in [-0.25, -0.2) is 9.97 Å². The molecule has 4 aromatic rings. The average molecular weight is 385 g/mol. The maximum absolute atomic E-state index is 12.6. The molecule has 0 unspecified atom stereocenters. The van der Waals surface area contributed by atoms with Crippen LogP contribution in [0.1, 0.15) is 15.9 Å². The summed E-state index contributed by atoms with van der Waals surface area (Å²) in [4.78, 5) is 25.5. The van der Waals surface area contributed by atoms with Gasteiger partial charge in [-0.05, 0) is 36.8 Å². The van der Waals surface area contributed by atoms with E-state index in [1.54, 1.807) is 13.3 Å². The number of amides is 1. The number of pyridine rings is 1. The number of fused-ring (bicyclic) bond motifs is 1. The van der Waals surface area contributed by atoms with Gasteiger partial charge in [0.25, 0.3) is 5.91 Å². The van der Waals surface area contributed by atoms with Crippen LogP contribution >= 0.6 is 0 Å². The summed E-state index contributed by atoms with van der Waals surface area (Å²) in [5, 5.41) is 7.00. The molecule has 2 N–H and O–H groups in total. The number of hydrogen-bond acceptors (Lipinski definition) is 6. The van der Waals surface area contributed by atoms with E-state index in [1.807, 2.05) is 55.5 Å². The fraction of sp³-hybridized carbons (Fsp3) is 0.0909. The van der Waals surface area contributed by atoms with Gasteiger partial charge in [-0.2, -0.15) is 0 Å². The highest BCUT2D eigenvalue weighted by Crippen LogP contribution is 2.26. The summed E-state index contributed by atoms with van der Waals surface area (Å²) in [5.41, 5.74) is 3.58. The number of aromatic nitrogens is 3. The minimum atomic E-state index is -0.313. The van der Waals surface area contributed by atoms with Crippen molar-refractivity contribution >= 4 is 34.1 Å². The van der Waals surface area contributed by atoms with Crippen LogP contribution in [-0.2, 0) is 0 Å². The lowest BCUT2D eigenvalue weighted by molar-refractivity contribution is 0.102. The first-order chi connectivity index (χ1) is 14.1. The fourth-order valence-corrected chi connectivity index (χ4v) is 2.95. The second-order valence-electron chi connectivity index (χ2n) is 6.46. The van der Waals surface area contributed by atoms with Gasteiger partial charge in [0.15, 0.2) is 0 Å². The van der Waals surface area contributed by atoms with E-state index < -0.39 is 0 Å². The van der Waals surface area contributed by atoms with E-state index in [1.165, 1.54) is 12.4 Å². The first-order valence-electron chi connectivity index (χ1n) is 9.03. The Kier molecular flexibility index (Phi) is 5.03. The number of nitrogens with zero attached hydrogens (tertiary/aromatic N) is 3. The summed E-state index contributed by atoms with van der Waals surface area (Å²) in [7, 11) is 1.56. The second kappa shape index (κ2) is 7.93. The number of anilines is 3. The molecule has 2 heterocycles. The van der Waals surface area contributed by atoms with Gasteiger partial charge in [-0.15, -0.1) is 0 Å². The largest absolute Gasteiger partial charge is 0.495 e. The van der Waals surface area contributed by atoms with Crippen LogP contribution in [0.25, 0.3) is 10.9 Å². The van der Waals surface area contributed by atoms with Crippen molar-refractivity contribution in [2.75, 3.05) is 17.7 Å². The van der Waals surface area contributed by atoms with E-state index >= 15 is 0 Å². The Hall–Kier alpha value is -4.00. The SMILES string of the molecule is COc1ccc(C)cc1NC(=O)c1cnc(Nc2cccc3cccnc23)nc1. The summed E-state index contributed by atoms with van der Waals surface area (Å²) in [5.74, 6) is 0.659. The molecule has 2 aromatic heterocycles. The third-order valence-electron chi connectivity index (χ3n) is 4.40. The van der Waals surface area contributed by atoms with Crippen LogP contribution in [0.5, 0.6) is 5.75 Å². The van der Waals surface area contributed by atoms with Crippen LogP contribution in [0, 0.1) is 6.92 Å². The molecule has 0 saturated carbocycles. The second-order valence-corrected chi connectivity index (χ2v) is 6.46. The Morgan fingerprint density at radius 1 is 0.966 bits per heavy atom. The van der Waals surface area contributed by atoms with E-state index in [0.29, 0.717) is 22.9 Å². The topological polar surface area (TPSA) is 89.0 Å². The Bertz CT molecular complexity index is 1170. The van der Waals surface area contributed by atoms with Crippen molar-refractivity contribution < 1.29 is 9.53 Å². The first-order valence-corrected chi connectivity index (χ1v) is 9.03. The summed E-state index contributed by atoms with van der Waals surface area (Å²) < 4.78 is 5.30. The lowest BCUT2D eigenvalue weighted by Crippen LogP contribution is -2.14. The van der Waals surface area contributed by atoms with Gasteiger partial charge in [0.1, 0.15) is 5.75 Å². The van der Waals surface area contributed by atoms with Gasteiger partial charge in [-0.3, -0.25) is 9.78 Å². The van der Waals surface area contributed by atoms with Gasteiger partial charge in [0.2, 0.25) is 5.95 Å². The number of hydrogen-bond donors (Lipinski definition) is 2. The Balaban J connectivity index is 1.52. The molecular weight excluding hydrogens is 366 g/mol. The number of carbonyl (C=O) groups excluding carboxylic acids is 1. The number of para-hydroxylation sites is 1. The summed E-state index contributed by atoms with van der Waals surface area (Å²) in [6.45, 7) is 1.95. The van der Waals surface area contributed by atoms with Crippen molar-refractivity contribution in [1.29, 1.82) is 0 Å². The van der Waals surface area contributed by atoms with Crippen LogP contribution in [0.4, 0.5) is 17.3 Å². The number of methoxy groups -OCH3 is 1. The standard InChI is InChI=1S/C22H19N5O2/c1-14-8-9-19(29-2)18(11-14)26-21(28)16-12-24-22(25-13-16)27-17-7-3-5-15-6-4-10-23-20(15)17/h3-13H,1-2H3,(H,26,28)(H,24,25,27). The zero-order valence-electron chi connectivity index (χ0n) is 16.0. The molecule has 4 rings (SSSR count). The highest BCUT2D eigenvalue weighted by molar-refractivity contribution is 6.04. The summed E-state index contributed by atoms with van der Waals surface area (Å²) >= 11 is 0. The third-order valence-corrected chi connectivity index (χ3v) is 4.40. The molecule has 0 radical (unpaired) electrons. The molecule has 0 atom stereocenters. The predicted octanol–water partition coefficient (Wildman–Crippen LogP) is 4.34. The van der Waals surface area contributed by atoms with Crippen molar-refractivity contribution in [1.82, 2.24) is 15.0 Å². The number of carbonyl (C=O) groups is 1. The number of ether oxygens (including phenoxy) is 1. The number of aryl methyl sites for hydroxylation is 1. The van der Waals surface area contributed by atoms with Gasteiger partial charge in [0.05, 0.1) is 29.6 Å². The van der Waals surface area contributed by atoms with Crippen molar-refractivity contribution in [3.63, 3.8) is 0 Å². The van der Waals surface area contributed by atoms with Gasteiger partial charge < -0.3 is 15.4 Å². The third kappa shape index (κ3) is 3.98. The molecule has 144 valence electrons. The maximum Gasteiger partial charge on any atom is 0.258 e. The Labute approximate surface area is 167 Å². The van der Waals surface area contributed by atoms with Crippen molar-refractivity contribution in [3.05, 3.63) is 78.2 Å². The van der Waals surface area contributed by atoms with Crippen molar-refractivity contribution in [2.24, 2.45) is 0 Å². The van der Waals surface area contributed by atoms with Crippen LogP contribution in [0.15, 0.2) is 67.1 Å². The smallest absolute Gasteiger partial charge is 0.258 e. The molecule has 0 aliphatic heterocycles. The molecule has 0 fully saturated rings. The molecule has 2 aromatic carbocycles. The van der Waals surface area contributed by atoms with Crippen molar-refractivity contribution in [2.45, 2.75) is 6.92 Å². The van der Waals surface area contributed by atoms with Crippen LogP contribution < -0.4 is 15.4 Å². The van der Waals surface area contributed by atoms with Crippen molar-refractivity contribution in [3.8, 4) is 5.75 Å². The highest BCUT2D eigenvalue weighted by atomic mass is 16.5. The first kappa shape index (κ1) is 18.4. The van der Waals surface area contributed by atoms with Gasteiger partial charge in [0, 0.05) is 24.0 Å². The fourth-order valence-electron chi connectivity index (χ4n) is 2.95. The lowest BCUT2D eigenvalue weighted by atomic mass is 10.2. The van der Waals surface area contributed by atoms with Crippen LogP contribution in [0.3, 0.4) is 0 Å². The van der Waals surface area contributed by atoms with Crippen LogP contribution in [-0.4, -0.2) is 28.0 Å². The molecule has 0 aliphatic rings. The monoisotopic (exact) mass is 385 g/mol.